The molecule has 0 bridgehead atoms. The summed E-state index contributed by atoms with van der Waals surface area (Å²) in [5.41, 5.74) is 23.5. The summed E-state index contributed by atoms with van der Waals surface area (Å²) in [6.45, 7) is 8.19. The van der Waals surface area contributed by atoms with Crippen LogP contribution in [0.15, 0.2) is 304 Å². The Balaban J connectivity index is 0.877. The summed E-state index contributed by atoms with van der Waals surface area (Å²) in [5.74, 6) is 0.735. The van der Waals surface area contributed by atoms with E-state index in [-0.39, 0.29) is 0 Å². The van der Waals surface area contributed by atoms with Crippen LogP contribution < -0.4 is 0 Å². The molecule has 0 fully saturated rings. The van der Waals surface area contributed by atoms with E-state index in [9.17, 15) is 0 Å². The van der Waals surface area contributed by atoms with E-state index in [1.807, 2.05) is 122 Å². The van der Waals surface area contributed by atoms with Crippen molar-refractivity contribution in [3.8, 4) is 112 Å². The molecular weight excluding hydrogens is 1070 g/mol. The minimum Gasteiger partial charge on any atom is -0.307 e. The van der Waals surface area contributed by atoms with Crippen LogP contribution in [0.25, 0.3) is 161 Å². The predicted octanol–water partition coefficient (Wildman–Crippen LogP) is 20.4. The Kier molecular flexibility index (Phi) is 12.7. The van der Waals surface area contributed by atoms with Gasteiger partial charge in [0.15, 0.2) is 5.69 Å². The fraction of sp³-hybridized carbons (Fsp3) is 0. The van der Waals surface area contributed by atoms with E-state index in [0.717, 1.165) is 156 Å². The molecule has 88 heavy (non-hydrogen) atoms. The molecule has 8 heteroatoms. The fourth-order valence-corrected chi connectivity index (χ4v) is 12.4. The molecule has 0 radical (unpaired) electrons. The van der Waals surface area contributed by atoms with Gasteiger partial charge in [0, 0.05) is 96.4 Å². The third-order valence-corrected chi connectivity index (χ3v) is 16.8. The van der Waals surface area contributed by atoms with E-state index < -0.39 is 0 Å². The monoisotopic (exact) mass is 1120 g/mol. The van der Waals surface area contributed by atoms with Gasteiger partial charge in [-0.05, 0) is 113 Å². The van der Waals surface area contributed by atoms with Crippen LogP contribution in [0.1, 0.15) is 0 Å². The summed E-state index contributed by atoms with van der Waals surface area (Å²) in [5, 5.41) is 4.29. The van der Waals surface area contributed by atoms with Gasteiger partial charge in [0.1, 0.15) is 5.82 Å². The molecule has 7 heterocycles. The molecule has 0 aliphatic heterocycles. The lowest BCUT2D eigenvalue weighted by Gasteiger charge is -2.17. The lowest BCUT2D eigenvalue weighted by Crippen LogP contribution is -2.03. The van der Waals surface area contributed by atoms with Crippen molar-refractivity contribution in [1.82, 2.24) is 34.1 Å². The van der Waals surface area contributed by atoms with Crippen LogP contribution in [0.2, 0.25) is 0 Å². The van der Waals surface area contributed by atoms with Crippen molar-refractivity contribution in [3.05, 3.63) is 315 Å². The summed E-state index contributed by atoms with van der Waals surface area (Å²) in [6.07, 6.45) is 9.88. The second-order valence-corrected chi connectivity index (χ2v) is 22.0. The van der Waals surface area contributed by atoms with E-state index >= 15 is 0 Å². The van der Waals surface area contributed by atoms with Crippen molar-refractivity contribution < 1.29 is 0 Å². The number of rotatable bonds is 11. The number of hydrogen-bond donors (Lipinski definition) is 0. The minimum absolute atomic E-state index is 0.548. The maximum absolute atomic E-state index is 8.19. The number of hydrogen-bond acceptors (Lipinski definition) is 5. The van der Waals surface area contributed by atoms with Gasteiger partial charge < -0.3 is 4.57 Å². The Morgan fingerprint density at radius 1 is 0.250 bits per heavy atom. The lowest BCUT2D eigenvalue weighted by molar-refractivity contribution is 1.06. The minimum atomic E-state index is 0.548. The topological polar surface area (TPSA) is 78.7 Å². The van der Waals surface area contributed by atoms with Crippen molar-refractivity contribution in [3.63, 3.8) is 0 Å². The van der Waals surface area contributed by atoms with E-state index in [0.29, 0.717) is 5.69 Å². The highest BCUT2D eigenvalue weighted by molar-refractivity contribution is 6.13. The molecule has 16 rings (SSSR count). The second-order valence-electron chi connectivity index (χ2n) is 22.0. The number of aromatic nitrogens is 7. The van der Waals surface area contributed by atoms with Gasteiger partial charge in [0.2, 0.25) is 0 Å². The number of benzene rings is 9. The van der Waals surface area contributed by atoms with Gasteiger partial charge in [-0.25, -0.2) is 9.83 Å². The first-order chi connectivity index (χ1) is 43.5. The highest BCUT2D eigenvalue weighted by Crippen LogP contribution is 2.43. The smallest absolute Gasteiger partial charge is 0.187 e. The van der Waals surface area contributed by atoms with Crippen LogP contribution in [-0.2, 0) is 0 Å². The third-order valence-electron chi connectivity index (χ3n) is 16.8. The summed E-state index contributed by atoms with van der Waals surface area (Å²) in [6, 6.07) is 94.9. The molecule has 0 aliphatic rings. The first-order valence-electron chi connectivity index (χ1n) is 29.3. The van der Waals surface area contributed by atoms with Crippen LogP contribution >= 0.6 is 0 Å². The van der Waals surface area contributed by atoms with Crippen LogP contribution in [0, 0.1) is 6.57 Å². The fourth-order valence-electron chi connectivity index (χ4n) is 12.4. The van der Waals surface area contributed by atoms with E-state index in [1.54, 1.807) is 0 Å². The zero-order chi connectivity index (χ0) is 58.5. The van der Waals surface area contributed by atoms with Crippen molar-refractivity contribution in [1.29, 1.82) is 0 Å². The summed E-state index contributed by atoms with van der Waals surface area (Å²) in [4.78, 5) is 29.2. The molecule has 0 amide bonds. The average molecular weight is 1120 g/mol. The molecule has 0 spiro atoms. The molecule has 0 N–H and O–H groups in total. The van der Waals surface area contributed by atoms with Gasteiger partial charge in [-0.3, -0.25) is 24.5 Å². The second kappa shape index (κ2) is 21.8. The van der Waals surface area contributed by atoms with E-state index in [1.165, 1.54) is 0 Å². The van der Waals surface area contributed by atoms with Crippen molar-refractivity contribution in [2.24, 2.45) is 0 Å². The molecule has 0 atom stereocenters. The van der Waals surface area contributed by atoms with Crippen molar-refractivity contribution >= 4 is 49.3 Å². The normalized spacial score (nSPS) is 11.4. The highest BCUT2D eigenvalue weighted by atomic mass is 15.1. The summed E-state index contributed by atoms with van der Waals surface area (Å²) >= 11 is 0. The molecule has 0 saturated heterocycles. The van der Waals surface area contributed by atoms with Gasteiger partial charge in [-0.2, -0.15) is 0 Å². The number of pyridine rings is 5. The summed E-state index contributed by atoms with van der Waals surface area (Å²) < 4.78 is 4.61. The Morgan fingerprint density at radius 2 is 0.580 bits per heavy atom. The standard InChI is InChI=1S/C80H50N8/c1-81-65-24-14-23-60(41-65)66-46-80(88-77-39-31-58(63-27-35-73(84-49-63)54-19-10-4-11-20-54)44-69(77)70-45-59(32-40-78(70)88)64-28-36-74(85-50-64)55-21-12-5-13-22-55)86-51-79(66)87-75-37-29-56(61-25-33-71(82-47-61)52-15-6-2-7-16-52)42-67(75)68-43-57(30-38-76(68)87)62-26-34-72(83-48-62)53-17-8-3-9-18-53/h2-51H. The Labute approximate surface area is 508 Å². The zero-order valence-electron chi connectivity index (χ0n) is 47.4. The molecule has 0 unspecified atom stereocenters. The third kappa shape index (κ3) is 9.33. The van der Waals surface area contributed by atoms with Gasteiger partial charge >= 0.3 is 0 Å². The van der Waals surface area contributed by atoms with Crippen molar-refractivity contribution in [2.75, 3.05) is 0 Å². The molecule has 16 aromatic rings. The highest BCUT2D eigenvalue weighted by Gasteiger charge is 2.22. The Bertz CT molecular complexity index is 5050. The Hall–Kier alpha value is -12.2. The molecule has 8 nitrogen and oxygen atoms in total. The van der Waals surface area contributed by atoms with Crippen LogP contribution in [0.4, 0.5) is 5.69 Å². The molecule has 9 aromatic carbocycles. The maximum atomic E-state index is 8.19. The maximum Gasteiger partial charge on any atom is 0.187 e. The van der Waals surface area contributed by atoms with Gasteiger partial charge in [0.05, 0.1) is 63.3 Å². The first kappa shape index (κ1) is 51.5. The molecule has 0 aliphatic carbocycles. The number of nitrogens with zero attached hydrogens (tertiary/aromatic N) is 8. The van der Waals surface area contributed by atoms with Crippen molar-refractivity contribution in [2.45, 2.75) is 0 Å². The quantitative estimate of drug-likeness (QED) is 0.121. The molecule has 7 aromatic heterocycles. The van der Waals surface area contributed by atoms with Gasteiger partial charge in [-0.1, -0.05) is 188 Å². The summed E-state index contributed by atoms with van der Waals surface area (Å²) in [7, 11) is 0. The SMILES string of the molecule is [C-]#[N+]c1cccc(-c2cc(-n3c4ccc(-c5ccc(-c6ccccc6)nc5)cc4c4cc(-c5ccc(-c6ccccc6)nc5)ccc43)ncc2-n2c3ccc(-c4ccc(-c5ccccc5)nc4)cc3c3cc(-c4ccc(-c5ccccc5)nc4)ccc32)c1. The molecule has 0 saturated carbocycles. The van der Waals surface area contributed by atoms with Crippen LogP contribution in [0.3, 0.4) is 0 Å². The van der Waals surface area contributed by atoms with E-state index in [2.05, 4.69) is 196 Å². The number of fused-ring (bicyclic) bond motifs is 6. The molecular formula is C80H50N8. The van der Waals surface area contributed by atoms with Crippen LogP contribution in [0.5, 0.6) is 0 Å². The van der Waals surface area contributed by atoms with Gasteiger partial charge in [-0.15, -0.1) is 0 Å². The van der Waals surface area contributed by atoms with E-state index in [4.69, 9.17) is 31.5 Å². The predicted molar refractivity (Wildman–Crippen MR) is 359 cm³/mol. The lowest BCUT2D eigenvalue weighted by atomic mass is 10.0. The van der Waals surface area contributed by atoms with Crippen LogP contribution in [-0.4, -0.2) is 34.1 Å². The zero-order valence-corrected chi connectivity index (χ0v) is 47.4. The molecule has 410 valence electrons. The Morgan fingerprint density at radius 3 is 0.909 bits per heavy atom. The average Bonchev–Trinajstić information content (AvgIpc) is 1.97. The van der Waals surface area contributed by atoms with Gasteiger partial charge in [0.25, 0.3) is 0 Å². The largest absolute Gasteiger partial charge is 0.307 e. The first-order valence-corrected chi connectivity index (χ1v) is 29.3.